The Morgan fingerprint density at radius 3 is 1.69 bits per heavy atom. The molecule has 0 aliphatic carbocycles. The van der Waals surface area contributed by atoms with E-state index in [1.54, 1.807) is 12.1 Å². The summed E-state index contributed by atoms with van der Waals surface area (Å²) in [5, 5.41) is 0. The quantitative estimate of drug-likeness (QED) is 0.651. The van der Waals surface area contributed by atoms with E-state index in [9.17, 15) is 4.39 Å². The molecule has 0 radical (unpaired) electrons. The average molecular weight is 212 g/mol. The van der Waals surface area contributed by atoms with Gasteiger partial charge in [0.1, 0.15) is 5.82 Å². The Morgan fingerprint density at radius 1 is 0.750 bits per heavy atom. The Bertz CT molecular complexity index is 430. The zero-order valence-electron chi connectivity index (χ0n) is 9.15. The second kappa shape index (κ2) is 4.75. The van der Waals surface area contributed by atoms with Gasteiger partial charge in [0.2, 0.25) is 0 Å². The van der Waals surface area contributed by atoms with Crippen LogP contribution in [0, 0.1) is 12.7 Å². The molecule has 0 aliphatic heterocycles. The van der Waals surface area contributed by atoms with Crippen molar-refractivity contribution in [1.29, 1.82) is 0 Å². The molecule has 0 unspecified atom stereocenters. The van der Waals surface area contributed by atoms with E-state index in [4.69, 9.17) is 0 Å². The Kier molecular flexibility index (Phi) is 3.16. The summed E-state index contributed by atoms with van der Waals surface area (Å²) in [6.07, 6.45) is 4.00. The first-order valence-electron chi connectivity index (χ1n) is 5.24. The minimum atomic E-state index is -0.201. The molecule has 0 atom stereocenters. The molecule has 2 aromatic rings. The van der Waals surface area contributed by atoms with Crippen LogP contribution in [0.4, 0.5) is 4.39 Å². The van der Waals surface area contributed by atoms with Crippen LogP contribution in [0.3, 0.4) is 0 Å². The molecular weight excluding hydrogens is 199 g/mol. The predicted octanol–water partition coefficient (Wildman–Crippen LogP) is 4.30. The maximum absolute atomic E-state index is 12.7. The van der Waals surface area contributed by atoms with E-state index >= 15 is 0 Å². The summed E-state index contributed by atoms with van der Waals surface area (Å²) in [6.45, 7) is 2.06. The Hall–Kier alpha value is -1.89. The highest BCUT2D eigenvalue weighted by molar-refractivity contribution is 5.69. The molecule has 0 saturated heterocycles. The number of hydrogen-bond acceptors (Lipinski definition) is 0. The van der Waals surface area contributed by atoms with Crippen LogP contribution in [0.1, 0.15) is 16.7 Å². The van der Waals surface area contributed by atoms with Gasteiger partial charge in [-0.2, -0.15) is 0 Å². The minimum absolute atomic E-state index is 0.201. The maximum atomic E-state index is 12.7. The highest BCUT2D eigenvalue weighted by atomic mass is 19.1. The van der Waals surface area contributed by atoms with Gasteiger partial charge in [-0.05, 0) is 30.2 Å². The lowest BCUT2D eigenvalue weighted by Gasteiger charge is -1.95. The van der Waals surface area contributed by atoms with E-state index in [-0.39, 0.29) is 5.82 Å². The van der Waals surface area contributed by atoms with Gasteiger partial charge in [-0.25, -0.2) is 4.39 Å². The fourth-order valence-corrected chi connectivity index (χ4v) is 1.44. The number of aryl methyl sites for hydroxylation is 1. The lowest BCUT2D eigenvalue weighted by Crippen LogP contribution is -1.76. The van der Waals surface area contributed by atoms with Gasteiger partial charge in [0.25, 0.3) is 0 Å². The van der Waals surface area contributed by atoms with Gasteiger partial charge < -0.3 is 0 Å². The first kappa shape index (κ1) is 10.6. The Labute approximate surface area is 95.1 Å². The smallest absolute Gasteiger partial charge is 0.123 e. The molecule has 0 saturated carbocycles. The SMILES string of the molecule is Cc1ccc(C=Cc2ccc(F)cc2)cc1. The third-order valence-electron chi connectivity index (χ3n) is 2.42. The topological polar surface area (TPSA) is 0 Å². The molecule has 80 valence electrons. The van der Waals surface area contributed by atoms with Crippen molar-refractivity contribution in [3.8, 4) is 0 Å². The molecule has 0 bridgehead atoms. The summed E-state index contributed by atoms with van der Waals surface area (Å²) in [5.41, 5.74) is 3.40. The molecule has 1 heteroatoms. The first-order valence-corrected chi connectivity index (χ1v) is 5.24. The van der Waals surface area contributed by atoms with Crippen molar-refractivity contribution in [2.45, 2.75) is 6.92 Å². The van der Waals surface area contributed by atoms with Gasteiger partial charge in [-0.1, -0.05) is 54.1 Å². The largest absolute Gasteiger partial charge is 0.207 e. The second-order valence-electron chi connectivity index (χ2n) is 3.80. The van der Waals surface area contributed by atoms with Crippen LogP contribution >= 0.6 is 0 Å². The molecular formula is C15H13F. The number of benzene rings is 2. The molecule has 0 nitrogen and oxygen atoms in total. The van der Waals surface area contributed by atoms with Gasteiger partial charge in [-0.15, -0.1) is 0 Å². The lowest BCUT2D eigenvalue weighted by atomic mass is 10.1. The van der Waals surface area contributed by atoms with Crippen LogP contribution in [-0.4, -0.2) is 0 Å². The highest BCUT2D eigenvalue weighted by Crippen LogP contribution is 2.10. The summed E-state index contributed by atoms with van der Waals surface area (Å²) in [7, 11) is 0. The van der Waals surface area contributed by atoms with E-state index in [0.717, 1.165) is 11.1 Å². The summed E-state index contributed by atoms with van der Waals surface area (Å²) < 4.78 is 12.7. The van der Waals surface area contributed by atoms with Crippen LogP contribution < -0.4 is 0 Å². The summed E-state index contributed by atoms with van der Waals surface area (Å²) in [6, 6.07) is 14.7. The minimum Gasteiger partial charge on any atom is -0.207 e. The molecule has 0 amide bonds. The number of rotatable bonds is 2. The van der Waals surface area contributed by atoms with Gasteiger partial charge in [0.05, 0.1) is 0 Å². The third-order valence-corrected chi connectivity index (χ3v) is 2.42. The number of halogens is 1. The monoisotopic (exact) mass is 212 g/mol. The van der Waals surface area contributed by atoms with Crippen LogP contribution in [-0.2, 0) is 0 Å². The molecule has 2 aromatic carbocycles. The molecule has 0 heterocycles. The van der Waals surface area contributed by atoms with E-state index < -0.39 is 0 Å². The molecule has 16 heavy (non-hydrogen) atoms. The van der Waals surface area contributed by atoms with Crippen LogP contribution in [0.5, 0.6) is 0 Å². The standard InChI is InChI=1S/C15H13F/c1-12-2-4-13(5-3-12)6-7-14-8-10-15(16)11-9-14/h2-11H,1H3. The van der Waals surface area contributed by atoms with E-state index in [1.807, 2.05) is 12.2 Å². The summed E-state index contributed by atoms with van der Waals surface area (Å²) in [5.74, 6) is -0.201. The Morgan fingerprint density at radius 2 is 1.19 bits per heavy atom. The van der Waals surface area contributed by atoms with Crippen molar-refractivity contribution < 1.29 is 4.39 Å². The van der Waals surface area contributed by atoms with E-state index in [1.165, 1.54) is 17.7 Å². The van der Waals surface area contributed by atoms with Crippen molar-refractivity contribution in [3.05, 3.63) is 71.0 Å². The van der Waals surface area contributed by atoms with Crippen molar-refractivity contribution in [1.82, 2.24) is 0 Å². The van der Waals surface area contributed by atoms with Crippen molar-refractivity contribution in [3.63, 3.8) is 0 Å². The maximum Gasteiger partial charge on any atom is 0.123 e. The molecule has 0 spiro atoms. The van der Waals surface area contributed by atoms with Crippen molar-refractivity contribution in [2.24, 2.45) is 0 Å². The molecule has 0 aromatic heterocycles. The van der Waals surface area contributed by atoms with Gasteiger partial charge in [0, 0.05) is 0 Å². The normalized spacial score (nSPS) is 10.9. The Balaban J connectivity index is 2.15. The van der Waals surface area contributed by atoms with Crippen LogP contribution in [0.2, 0.25) is 0 Å². The predicted molar refractivity (Wildman–Crippen MR) is 66.5 cm³/mol. The van der Waals surface area contributed by atoms with Gasteiger partial charge in [0.15, 0.2) is 0 Å². The number of hydrogen-bond donors (Lipinski definition) is 0. The van der Waals surface area contributed by atoms with Crippen molar-refractivity contribution >= 4 is 12.2 Å². The van der Waals surface area contributed by atoms with Crippen molar-refractivity contribution in [2.75, 3.05) is 0 Å². The van der Waals surface area contributed by atoms with Crippen LogP contribution in [0.15, 0.2) is 48.5 Å². The first-order chi connectivity index (χ1) is 7.74. The van der Waals surface area contributed by atoms with E-state index in [2.05, 4.69) is 31.2 Å². The molecule has 2 rings (SSSR count). The third kappa shape index (κ3) is 2.80. The zero-order valence-corrected chi connectivity index (χ0v) is 9.15. The van der Waals surface area contributed by atoms with Crippen LogP contribution in [0.25, 0.3) is 12.2 Å². The fourth-order valence-electron chi connectivity index (χ4n) is 1.44. The lowest BCUT2D eigenvalue weighted by molar-refractivity contribution is 0.628. The molecule has 0 N–H and O–H groups in total. The second-order valence-corrected chi connectivity index (χ2v) is 3.80. The summed E-state index contributed by atoms with van der Waals surface area (Å²) >= 11 is 0. The zero-order chi connectivity index (χ0) is 11.4. The average Bonchev–Trinajstić information content (AvgIpc) is 2.30. The molecule has 0 aliphatic rings. The van der Waals surface area contributed by atoms with E-state index in [0.29, 0.717) is 0 Å². The highest BCUT2D eigenvalue weighted by Gasteiger charge is 1.90. The van der Waals surface area contributed by atoms with Gasteiger partial charge in [-0.3, -0.25) is 0 Å². The van der Waals surface area contributed by atoms with Gasteiger partial charge >= 0.3 is 0 Å². The fraction of sp³-hybridized carbons (Fsp3) is 0.0667. The molecule has 0 fully saturated rings. The summed E-state index contributed by atoms with van der Waals surface area (Å²) in [4.78, 5) is 0.